The highest BCUT2D eigenvalue weighted by Crippen LogP contribution is 2.35. The molecule has 2 bridgehead atoms. The lowest BCUT2D eigenvalue weighted by molar-refractivity contribution is -0.136. The third-order valence-electron chi connectivity index (χ3n) is 6.69. The lowest BCUT2D eigenvalue weighted by Gasteiger charge is -2.42. The van der Waals surface area contributed by atoms with Gasteiger partial charge < -0.3 is 18.6 Å². The Balaban J connectivity index is 1.33. The fraction of sp³-hybridized carbons (Fsp3) is 0.375. The molecule has 0 spiro atoms. The van der Waals surface area contributed by atoms with Gasteiger partial charge in [0.1, 0.15) is 11.3 Å². The van der Waals surface area contributed by atoms with Gasteiger partial charge in [-0.2, -0.15) is 0 Å². The summed E-state index contributed by atoms with van der Waals surface area (Å²) in [4.78, 5) is 38.9. The number of aromatic nitrogens is 1. The summed E-state index contributed by atoms with van der Waals surface area (Å²) >= 11 is 6.38. The molecular weight excluding hydrogens is 432 g/mol. The number of fused-ring (bicyclic) bond motifs is 5. The second-order valence-corrected chi connectivity index (χ2v) is 9.11. The lowest BCUT2D eigenvalue weighted by Crippen LogP contribution is -2.50. The maximum atomic E-state index is 12.9. The minimum absolute atomic E-state index is 0.0170. The van der Waals surface area contributed by atoms with Crippen molar-refractivity contribution in [3.63, 3.8) is 0 Å². The van der Waals surface area contributed by atoms with E-state index in [4.69, 9.17) is 20.8 Å². The monoisotopic (exact) mass is 454 g/mol. The molecule has 7 nitrogen and oxygen atoms in total. The summed E-state index contributed by atoms with van der Waals surface area (Å²) in [5, 5.41) is 1.09. The van der Waals surface area contributed by atoms with Crippen molar-refractivity contribution >= 4 is 28.5 Å². The zero-order valence-electron chi connectivity index (χ0n) is 17.9. The average Bonchev–Trinajstić information content (AvgIpc) is 2.77. The van der Waals surface area contributed by atoms with Gasteiger partial charge in [0.2, 0.25) is 0 Å². The Hall–Kier alpha value is -3.06. The molecule has 8 heteroatoms. The number of likely N-dealkylation sites (tertiary alicyclic amines) is 1. The van der Waals surface area contributed by atoms with E-state index < -0.39 is 5.63 Å². The van der Waals surface area contributed by atoms with Crippen LogP contribution in [0.15, 0.2) is 44.3 Å². The zero-order chi connectivity index (χ0) is 22.6. The maximum Gasteiger partial charge on any atom is 0.339 e. The number of hydrogen-bond acceptors (Lipinski definition) is 5. The van der Waals surface area contributed by atoms with Crippen molar-refractivity contribution < 1.29 is 13.9 Å². The molecule has 1 aromatic carbocycles. The predicted molar refractivity (Wildman–Crippen MR) is 121 cm³/mol. The molecule has 2 aliphatic heterocycles. The molecule has 0 aliphatic carbocycles. The van der Waals surface area contributed by atoms with Crippen LogP contribution in [0.25, 0.3) is 11.0 Å². The standard InChI is InChI=1S/C24H23ClN2O5/c1-13-14(2)24(30)32-20-8-21(18(25)7-17(13)20)31-12-23(29)26-9-15-6-16(11-26)19-4-3-5-22(28)27(19)10-15/h3-5,7-8,15-16H,6,9-12H2,1-2H3/t15-,16+/m1/s1. The van der Waals surface area contributed by atoms with Crippen LogP contribution in [0.4, 0.5) is 0 Å². The number of rotatable bonds is 3. The highest BCUT2D eigenvalue weighted by atomic mass is 35.5. The van der Waals surface area contributed by atoms with Crippen molar-refractivity contribution in [2.45, 2.75) is 32.7 Å². The first kappa shape index (κ1) is 20.8. The number of pyridine rings is 1. The van der Waals surface area contributed by atoms with Crippen LogP contribution in [0.5, 0.6) is 5.75 Å². The Morgan fingerprint density at radius 1 is 1.16 bits per heavy atom. The van der Waals surface area contributed by atoms with Crippen LogP contribution in [-0.2, 0) is 11.3 Å². The van der Waals surface area contributed by atoms with E-state index in [2.05, 4.69) is 0 Å². The van der Waals surface area contributed by atoms with Gasteiger partial charge in [-0.25, -0.2) is 4.79 Å². The molecule has 0 N–H and O–H groups in total. The molecule has 2 aliphatic rings. The van der Waals surface area contributed by atoms with E-state index in [1.54, 1.807) is 31.2 Å². The average molecular weight is 455 g/mol. The van der Waals surface area contributed by atoms with Crippen molar-refractivity contribution in [2.24, 2.45) is 5.92 Å². The van der Waals surface area contributed by atoms with E-state index in [-0.39, 0.29) is 29.9 Å². The molecular formula is C24H23ClN2O5. The highest BCUT2D eigenvalue weighted by Gasteiger charge is 2.36. The Bertz CT molecular complexity index is 1360. The van der Waals surface area contributed by atoms with Crippen molar-refractivity contribution in [1.82, 2.24) is 9.47 Å². The van der Waals surface area contributed by atoms with Gasteiger partial charge >= 0.3 is 5.63 Å². The van der Waals surface area contributed by atoms with Crippen LogP contribution in [-0.4, -0.2) is 35.1 Å². The second-order valence-electron chi connectivity index (χ2n) is 8.70. The van der Waals surface area contributed by atoms with E-state index in [1.807, 2.05) is 22.5 Å². The maximum absolute atomic E-state index is 12.9. The predicted octanol–water partition coefficient (Wildman–Crippen LogP) is 3.25. The van der Waals surface area contributed by atoms with Gasteiger partial charge in [0.05, 0.1) is 5.02 Å². The lowest BCUT2D eigenvalue weighted by atomic mass is 9.83. The van der Waals surface area contributed by atoms with Crippen molar-refractivity contribution in [1.29, 1.82) is 0 Å². The Morgan fingerprint density at radius 2 is 1.97 bits per heavy atom. The van der Waals surface area contributed by atoms with Crippen molar-refractivity contribution in [3.8, 4) is 5.75 Å². The van der Waals surface area contributed by atoms with Crippen LogP contribution >= 0.6 is 11.6 Å². The second kappa shape index (κ2) is 7.81. The number of nitrogens with zero attached hydrogens (tertiary/aromatic N) is 2. The molecule has 1 amide bonds. The SMILES string of the molecule is Cc1c(C)c2cc(Cl)c(OCC(=O)N3C[C@H]4C[C@@H](C3)c3cccc(=O)n3C4)cc2oc1=O. The zero-order valence-corrected chi connectivity index (χ0v) is 18.6. The van der Waals surface area contributed by atoms with Crippen LogP contribution < -0.4 is 15.9 Å². The molecule has 0 unspecified atom stereocenters. The largest absolute Gasteiger partial charge is 0.482 e. The summed E-state index contributed by atoms with van der Waals surface area (Å²) in [5.41, 5.74) is 2.32. The summed E-state index contributed by atoms with van der Waals surface area (Å²) in [7, 11) is 0. The molecule has 0 saturated carbocycles. The fourth-order valence-corrected chi connectivity index (χ4v) is 5.10. The van der Waals surface area contributed by atoms with E-state index >= 15 is 0 Å². The number of amides is 1. The number of carbonyl (C=O) groups is 1. The summed E-state index contributed by atoms with van der Waals surface area (Å²) in [6.45, 7) is 5.17. The number of piperidine rings is 1. The quantitative estimate of drug-likeness (QED) is 0.567. The van der Waals surface area contributed by atoms with Crippen LogP contribution in [0, 0.1) is 19.8 Å². The summed E-state index contributed by atoms with van der Waals surface area (Å²) < 4.78 is 12.9. The van der Waals surface area contributed by atoms with E-state index in [9.17, 15) is 14.4 Å². The van der Waals surface area contributed by atoms with Crippen LogP contribution in [0.1, 0.15) is 29.2 Å². The van der Waals surface area contributed by atoms with E-state index in [0.717, 1.165) is 23.1 Å². The molecule has 2 atom stereocenters. The topological polar surface area (TPSA) is 81.8 Å². The molecule has 4 heterocycles. The van der Waals surface area contributed by atoms with E-state index in [1.165, 1.54) is 0 Å². The summed E-state index contributed by atoms with van der Waals surface area (Å²) in [6.07, 6.45) is 0.975. The van der Waals surface area contributed by atoms with E-state index in [0.29, 0.717) is 41.6 Å². The first-order chi connectivity index (χ1) is 15.3. The number of aryl methyl sites for hydroxylation is 1. The minimum Gasteiger partial charge on any atom is -0.482 e. The van der Waals surface area contributed by atoms with Gasteiger partial charge in [-0.3, -0.25) is 9.59 Å². The van der Waals surface area contributed by atoms with Gasteiger partial charge in [0.15, 0.2) is 6.61 Å². The number of hydrogen-bond donors (Lipinski definition) is 0. The minimum atomic E-state index is -0.404. The van der Waals surface area contributed by atoms with Gasteiger partial charge in [0.25, 0.3) is 11.5 Å². The van der Waals surface area contributed by atoms with Crippen LogP contribution in [0.2, 0.25) is 5.02 Å². The number of halogens is 1. The molecule has 1 saturated heterocycles. The number of ether oxygens (including phenoxy) is 1. The van der Waals surface area contributed by atoms with Gasteiger partial charge in [-0.1, -0.05) is 17.7 Å². The van der Waals surface area contributed by atoms with Gasteiger partial charge in [-0.15, -0.1) is 0 Å². The number of carbonyl (C=O) groups excluding carboxylic acids is 1. The Morgan fingerprint density at radius 3 is 2.78 bits per heavy atom. The normalized spacial score (nSPS) is 19.7. The molecule has 0 radical (unpaired) electrons. The first-order valence-electron chi connectivity index (χ1n) is 10.7. The Kier molecular flexibility index (Phi) is 5.08. The van der Waals surface area contributed by atoms with Gasteiger partial charge in [0, 0.05) is 54.3 Å². The fourth-order valence-electron chi connectivity index (χ4n) is 4.89. The summed E-state index contributed by atoms with van der Waals surface area (Å²) in [5.74, 6) is 0.553. The highest BCUT2D eigenvalue weighted by molar-refractivity contribution is 6.32. The molecule has 5 rings (SSSR count). The molecule has 3 aromatic rings. The molecule has 2 aromatic heterocycles. The van der Waals surface area contributed by atoms with Crippen molar-refractivity contribution in [2.75, 3.05) is 19.7 Å². The smallest absolute Gasteiger partial charge is 0.339 e. The molecule has 32 heavy (non-hydrogen) atoms. The molecule has 1 fully saturated rings. The first-order valence-corrected chi connectivity index (χ1v) is 11.0. The van der Waals surface area contributed by atoms with Crippen LogP contribution in [0.3, 0.4) is 0 Å². The van der Waals surface area contributed by atoms with Crippen molar-refractivity contribution in [3.05, 3.63) is 72.9 Å². The van der Waals surface area contributed by atoms with Gasteiger partial charge in [-0.05, 0) is 43.9 Å². The summed E-state index contributed by atoms with van der Waals surface area (Å²) in [6, 6.07) is 8.59. The number of benzene rings is 1. The third kappa shape index (κ3) is 3.50. The third-order valence-corrected chi connectivity index (χ3v) is 6.99. The molecule has 166 valence electrons. The Labute approximate surface area is 189 Å².